The number of ketones is 1. The van der Waals surface area contributed by atoms with Crippen molar-refractivity contribution in [3.05, 3.63) is 57.7 Å². The fraction of sp³-hybridized carbons (Fsp3) is 0.333. The molecule has 0 saturated carbocycles. The molecule has 0 fully saturated rings. The first kappa shape index (κ1) is 23.5. The third-order valence-electron chi connectivity index (χ3n) is 6.06. The molecule has 1 atom stereocenters. The monoisotopic (exact) mass is 490 g/mol. The number of nitrogens with zero attached hydrogens (tertiary/aromatic N) is 2. The summed E-state index contributed by atoms with van der Waals surface area (Å²) in [4.78, 5) is 33.9. The number of fused-ring (bicyclic) bond motifs is 1. The van der Waals surface area contributed by atoms with E-state index in [4.69, 9.17) is 14.5 Å². The molecular formula is C27H26N2O5S. The minimum atomic E-state index is -1.09. The lowest BCUT2D eigenvalue weighted by Crippen LogP contribution is -2.27. The maximum atomic E-state index is 13.0. The van der Waals surface area contributed by atoms with Crippen molar-refractivity contribution in [3.8, 4) is 11.1 Å². The summed E-state index contributed by atoms with van der Waals surface area (Å²) in [5.41, 5.74) is 5.98. The molecule has 35 heavy (non-hydrogen) atoms. The Balaban J connectivity index is 1.92. The predicted molar refractivity (Wildman–Crippen MR) is 135 cm³/mol. The molecule has 8 heteroatoms. The van der Waals surface area contributed by atoms with E-state index >= 15 is 0 Å². The molecule has 0 bridgehead atoms. The van der Waals surface area contributed by atoms with Crippen molar-refractivity contribution in [2.24, 2.45) is 0 Å². The Morgan fingerprint density at radius 2 is 1.89 bits per heavy atom. The van der Waals surface area contributed by atoms with Crippen LogP contribution in [0, 0.1) is 6.92 Å². The number of ether oxygens (including phenoxy) is 2. The summed E-state index contributed by atoms with van der Waals surface area (Å²) in [5, 5.41) is 10.7. The standard InChI is InChI=1S/C27H26N2O5S/c1-13-10-18-24(35-25(29-18)26(31)32)21(19(13)23(14(2)30)34-27(3,4)5)17-7-6-15-11-33-12-16-8-9-28-22(17)20(15)16/h6-10,23H,11-12H2,1-5H3,(H,31,32)/t23-/m1/s1. The zero-order valence-electron chi connectivity index (χ0n) is 20.3. The van der Waals surface area contributed by atoms with Gasteiger partial charge in [-0.25, -0.2) is 9.78 Å². The first-order valence-corrected chi connectivity index (χ1v) is 12.2. The summed E-state index contributed by atoms with van der Waals surface area (Å²) in [6.07, 6.45) is 0.925. The number of carboxylic acids is 1. The van der Waals surface area contributed by atoms with E-state index in [9.17, 15) is 14.7 Å². The van der Waals surface area contributed by atoms with Gasteiger partial charge in [-0.05, 0) is 63.4 Å². The largest absolute Gasteiger partial charge is 0.476 e. The Morgan fingerprint density at radius 3 is 2.54 bits per heavy atom. The van der Waals surface area contributed by atoms with Crippen molar-refractivity contribution in [1.82, 2.24) is 9.97 Å². The minimum Gasteiger partial charge on any atom is -0.476 e. The summed E-state index contributed by atoms with van der Waals surface area (Å²) in [5.74, 6) is -1.21. The second-order valence-electron chi connectivity index (χ2n) is 9.83. The highest BCUT2D eigenvalue weighted by molar-refractivity contribution is 7.20. The van der Waals surface area contributed by atoms with Crippen LogP contribution < -0.4 is 0 Å². The number of hydrogen-bond acceptors (Lipinski definition) is 7. The molecule has 0 unspecified atom stereocenters. The molecule has 0 radical (unpaired) electrons. The highest BCUT2D eigenvalue weighted by Gasteiger charge is 2.32. The highest BCUT2D eigenvalue weighted by Crippen LogP contribution is 2.45. The Bertz CT molecular complexity index is 1510. The van der Waals surface area contributed by atoms with Gasteiger partial charge in [-0.3, -0.25) is 9.78 Å². The quantitative estimate of drug-likeness (QED) is 0.367. The van der Waals surface area contributed by atoms with E-state index < -0.39 is 17.7 Å². The first-order valence-electron chi connectivity index (χ1n) is 11.4. The number of thiazole rings is 1. The molecule has 3 heterocycles. The third kappa shape index (κ3) is 4.11. The van der Waals surface area contributed by atoms with Gasteiger partial charge in [0.05, 0.1) is 34.5 Å². The van der Waals surface area contributed by atoms with Gasteiger partial charge in [0.15, 0.2) is 5.78 Å². The lowest BCUT2D eigenvalue weighted by Gasteiger charge is -2.29. The summed E-state index contributed by atoms with van der Waals surface area (Å²) >= 11 is 1.10. The first-order chi connectivity index (χ1) is 16.5. The number of carboxylic acid groups (broad SMARTS) is 1. The number of aromatic carboxylic acids is 1. The molecule has 7 nitrogen and oxygen atoms in total. The van der Waals surface area contributed by atoms with Crippen LogP contribution in [0.1, 0.15) is 65.9 Å². The average Bonchev–Trinajstić information content (AvgIpc) is 3.21. The van der Waals surface area contributed by atoms with Crippen LogP contribution >= 0.6 is 11.3 Å². The number of benzene rings is 2. The van der Waals surface area contributed by atoms with E-state index in [1.807, 2.05) is 52.0 Å². The average molecular weight is 491 g/mol. The summed E-state index contributed by atoms with van der Waals surface area (Å²) in [7, 11) is 0. The van der Waals surface area contributed by atoms with E-state index in [1.54, 1.807) is 6.20 Å². The maximum absolute atomic E-state index is 13.0. The van der Waals surface area contributed by atoms with E-state index in [0.29, 0.717) is 23.4 Å². The Morgan fingerprint density at radius 1 is 1.17 bits per heavy atom. The Hall–Kier alpha value is -3.20. The van der Waals surface area contributed by atoms with Crippen LogP contribution in [0.2, 0.25) is 0 Å². The number of carbonyl (C=O) groups is 2. The summed E-state index contributed by atoms with van der Waals surface area (Å²) in [6, 6.07) is 7.80. The van der Waals surface area contributed by atoms with Crippen molar-refractivity contribution < 1.29 is 24.2 Å². The molecule has 0 aliphatic carbocycles. The zero-order valence-corrected chi connectivity index (χ0v) is 21.1. The number of aryl methyl sites for hydroxylation is 1. The molecule has 1 N–H and O–H groups in total. The van der Waals surface area contributed by atoms with E-state index in [2.05, 4.69) is 4.98 Å². The Kier molecular flexibility index (Phi) is 5.70. The summed E-state index contributed by atoms with van der Waals surface area (Å²) < 4.78 is 12.7. The number of Topliss-reactive ketones (excluding diaryl/α,β-unsaturated/α-hetero) is 1. The van der Waals surface area contributed by atoms with Crippen LogP contribution in [0.4, 0.5) is 0 Å². The van der Waals surface area contributed by atoms with Crippen LogP contribution in [0.15, 0.2) is 30.5 Å². The molecule has 0 saturated heterocycles. The summed E-state index contributed by atoms with van der Waals surface area (Å²) in [6.45, 7) is 10.2. The minimum absolute atomic E-state index is 0.00185. The van der Waals surface area contributed by atoms with Gasteiger partial charge in [0, 0.05) is 28.3 Å². The van der Waals surface area contributed by atoms with Gasteiger partial charge in [-0.15, -0.1) is 11.3 Å². The van der Waals surface area contributed by atoms with Gasteiger partial charge >= 0.3 is 5.97 Å². The van der Waals surface area contributed by atoms with Crippen LogP contribution in [-0.4, -0.2) is 32.4 Å². The van der Waals surface area contributed by atoms with Gasteiger partial charge < -0.3 is 14.6 Å². The van der Waals surface area contributed by atoms with Crippen molar-refractivity contribution in [2.45, 2.75) is 59.5 Å². The van der Waals surface area contributed by atoms with Crippen molar-refractivity contribution in [2.75, 3.05) is 0 Å². The van der Waals surface area contributed by atoms with Gasteiger partial charge in [-0.1, -0.05) is 12.1 Å². The second kappa shape index (κ2) is 8.48. The van der Waals surface area contributed by atoms with E-state index in [-0.39, 0.29) is 10.8 Å². The van der Waals surface area contributed by atoms with Gasteiger partial charge in [0.2, 0.25) is 5.01 Å². The van der Waals surface area contributed by atoms with Crippen LogP contribution in [0.25, 0.3) is 32.2 Å². The fourth-order valence-corrected chi connectivity index (χ4v) is 5.69. The second-order valence-corrected chi connectivity index (χ2v) is 10.8. The van der Waals surface area contributed by atoms with Gasteiger partial charge in [0.25, 0.3) is 0 Å². The van der Waals surface area contributed by atoms with Crippen LogP contribution in [0.5, 0.6) is 0 Å². The molecule has 4 aromatic rings. The Labute approximate surface area is 206 Å². The van der Waals surface area contributed by atoms with Crippen molar-refractivity contribution >= 4 is 44.2 Å². The molecule has 2 aromatic heterocycles. The molecule has 1 aliphatic rings. The molecule has 180 valence electrons. The number of hydrogen-bond donors (Lipinski definition) is 1. The number of rotatable bonds is 5. The van der Waals surface area contributed by atoms with Crippen LogP contribution in [0.3, 0.4) is 0 Å². The van der Waals surface area contributed by atoms with Gasteiger partial charge in [0.1, 0.15) is 6.10 Å². The van der Waals surface area contributed by atoms with E-state index in [0.717, 1.165) is 55.6 Å². The lowest BCUT2D eigenvalue weighted by atomic mass is 9.87. The molecule has 0 spiro atoms. The van der Waals surface area contributed by atoms with Crippen molar-refractivity contribution in [1.29, 1.82) is 0 Å². The number of pyridine rings is 1. The zero-order chi connectivity index (χ0) is 25.1. The van der Waals surface area contributed by atoms with Crippen molar-refractivity contribution in [3.63, 3.8) is 0 Å². The van der Waals surface area contributed by atoms with Crippen LogP contribution in [-0.2, 0) is 27.5 Å². The predicted octanol–water partition coefficient (Wildman–Crippen LogP) is 5.99. The van der Waals surface area contributed by atoms with E-state index in [1.165, 1.54) is 6.92 Å². The topological polar surface area (TPSA) is 98.6 Å². The van der Waals surface area contributed by atoms with Gasteiger partial charge in [-0.2, -0.15) is 0 Å². The lowest BCUT2D eigenvalue weighted by molar-refractivity contribution is -0.138. The number of aromatic nitrogens is 2. The smallest absolute Gasteiger partial charge is 0.365 e. The maximum Gasteiger partial charge on any atom is 0.365 e. The third-order valence-corrected chi connectivity index (χ3v) is 7.14. The normalized spacial score (nSPS) is 14.4. The highest BCUT2D eigenvalue weighted by atomic mass is 32.1. The molecule has 1 aliphatic heterocycles. The number of carbonyl (C=O) groups excluding carboxylic acids is 1. The SMILES string of the molecule is CC(=O)[C@@H](OC(C)(C)C)c1c(C)cc2nc(C(=O)O)sc2c1-c1ccc2c3c(ccnc13)COC2. The molecule has 0 amide bonds. The molecule has 2 aromatic carbocycles. The molecular weight excluding hydrogens is 464 g/mol. The fourth-order valence-electron chi connectivity index (χ4n) is 4.73. The molecule has 5 rings (SSSR count).